The SMILES string of the molecule is COc1ccc(CNC(=O)c2ccc(CN3C=C(C=O)/C(=N\N(C)c4ccc(F)c(C(F)(F)F)c4)CC3)cc2)cc1OC(F)F. The number of carbonyl (C=O) groups excluding carboxylic acids is 2. The average molecular weight is 635 g/mol. The van der Waals surface area contributed by atoms with E-state index in [1.807, 2.05) is 4.90 Å². The highest BCUT2D eigenvalue weighted by Crippen LogP contribution is 2.34. The Labute approximate surface area is 254 Å². The number of hydrazone groups is 1. The summed E-state index contributed by atoms with van der Waals surface area (Å²) in [5.41, 5.74) is 0.914. The zero-order chi connectivity index (χ0) is 32.7. The predicted octanol–water partition coefficient (Wildman–Crippen LogP) is 6.17. The number of nitrogens with one attached hydrogen (secondary N) is 1. The average Bonchev–Trinajstić information content (AvgIpc) is 3.00. The maximum Gasteiger partial charge on any atom is 0.419 e. The van der Waals surface area contributed by atoms with E-state index in [1.165, 1.54) is 32.4 Å². The summed E-state index contributed by atoms with van der Waals surface area (Å²) in [5, 5.41) is 8.17. The smallest absolute Gasteiger partial charge is 0.419 e. The van der Waals surface area contributed by atoms with E-state index in [0.717, 1.165) is 10.6 Å². The lowest BCUT2D eigenvalue weighted by molar-refractivity contribution is -0.140. The third-order valence-corrected chi connectivity index (χ3v) is 6.82. The van der Waals surface area contributed by atoms with Crippen LogP contribution >= 0.6 is 0 Å². The van der Waals surface area contributed by atoms with Crippen molar-refractivity contribution in [1.82, 2.24) is 10.2 Å². The fourth-order valence-corrected chi connectivity index (χ4v) is 4.53. The van der Waals surface area contributed by atoms with E-state index < -0.39 is 24.2 Å². The molecule has 0 aromatic heterocycles. The maximum atomic E-state index is 13.7. The molecular formula is C31H28F6N4O4. The van der Waals surface area contributed by atoms with Crippen molar-refractivity contribution in [1.29, 1.82) is 0 Å². The molecule has 0 aliphatic carbocycles. The van der Waals surface area contributed by atoms with Crippen LogP contribution in [0.3, 0.4) is 0 Å². The molecular weight excluding hydrogens is 606 g/mol. The number of anilines is 1. The third kappa shape index (κ3) is 8.55. The summed E-state index contributed by atoms with van der Waals surface area (Å²) in [4.78, 5) is 26.3. The molecule has 0 atom stereocenters. The van der Waals surface area contributed by atoms with E-state index >= 15 is 0 Å². The van der Waals surface area contributed by atoms with E-state index in [4.69, 9.17) is 4.74 Å². The molecule has 0 unspecified atom stereocenters. The zero-order valence-electron chi connectivity index (χ0n) is 24.1. The van der Waals surface area contributed by atoms with Crippen molar-refractivity contribution in [2.24, 2.45) is 5.10 Å². The van der Waals surface area contributed by atoms with Crippen LogP contribution in [-0.2, 0) is 24.1 Å². The molecule has 1 amide bonds. The Hall–Kier alpha value is -5.01. The highest BCUT2D eigenvalue weighted by molar-refractivity contribution is 6.15. The third-order valence-electron chi connectivity index (χ3n) is 6.82. The molecule has 0 fully saturated rings. The van der Waals surface area contributed by atoms with Gasteiger partial charge in [0.2, 0.25) is 0 Å². The number of hydrogen-bond donors (Lipinski definition) is 1. The number of ether oxygens (including phenoxy) is 2. The van der Waals surface area contributed by atoms with Gasteiger partial charge in [-0.25, -0.2) is 4.39 Å². The fraction of sp³-hybridized carbons (Fsp3) is 0.258. The number of alkyl halides is 5. The van der Waals surface area contributed by atoms with Crippen molar-refractivity contribution < 1.29 is 45.4 Å². The number of amides is 1. The first-order valence-corrected chi connectivity index (χ1v) is 13.5. The Balaban J connectivity index is 1.37. The summed E-state index contributed by atoms with van der Waals surface area (Å²) in [6.45, 7) is -2.13. The number of hydrogen-bond acceptors (Lipinski definition) is 7. The van der Waals surface area contributed by atoms with Crippen molar-refractivity contribution in [2.45, 2.75) is 32.3 Å². The van der Waals surface area contributed by atoms with Gasteiger partial charge in [-0.15, -0.1) is 0 Å². The standard InChI is InChI=1S/C31H28F6N4O4/c1-40(23-8-9-25(32)24(14-23)31(35,36)37)39-26-11-12-41(17-22(26)18-42)16-19-3-6-21(7-4-19)29(43)38-15-20-5-10-27(44-2)28(13-20)45-30(33)34/h3-10,13-14,17-18,30H,11-12,15-16H2,1-2H3,(H,38,43)/b39-26-. The summed E-state index contributed by atoms with van der Waals surface area (Å²) in [6, 6.07) is 13.7. The molecule has 1 aliphatic heterocycles. The summed E-state index contributed by atoms with van der Waals surface area (Å²) in [5.74, 6) is -1.79. The van der Waals surface area contributed by atoms with Crippen LogP contribution < -0.4 is 19.8 Å². The van der Waals surface area contributed by atoms with Crippen molar-refractivity contribution in [2.75, 3.05) is 25.7 Å². The van der Waals surface area contributed by atoms with Crippen LogP contribution in [0, 0.1) is 5.82 Å². The zero-order valence-corrected chi connectivity index (χ0v) is 24.1. The summed E-state index contributed by atoms with van der Waals surface area (Å²) in [6.07, 6.45) is -2.36. The van der Waals surface area contributed by atoms with Gasteiger partial charge in [0.05, 0.1) is 29.6 Å². The van der Waals surface area contributed by atoms with Crippen LogP contribution in [0.15, 0.2) is 77.5 Å². The Morgan fingerprint density at radius 2 is 1.78 bits per heavy atom. The van der Waals surface area contributed by atoms with E-state index in [0.29, 0.717) is 54.8 Å². The number of allylic oxidation sites excluding steroid dienone is 1. The van der Waals surface area contributed by atoms with Crippen LogP contribution in [0.2, 0.25) is 0 Å². The number of benzene rings is 3. The predicted molar refractivity (Wildman–Crippen MR) is 154 cm³/mol. The Morgan fingerprint density at radius 1 is 1.07 bits per heavy atom. The molecule has 3 aromatic rings. The first kappa shape index (κ1) is 32.9. The Bertz CT molecular complexity index is 1590. The molecule has 14 heteroatoms. The largest absolute Gasteiger partial charge is 0.493 e. The van der Waals surface area contributed by atoms with Crippen LogP contribution in [0.25, 0.3) is 0 Å². The minimum atomic E-state index is -4.87. The number of nitrogens with zero attached hydrogens (tertiary/aromatic N) is 3. The van der Waals surface area contributed by atoms with Crippen molar-refractivity contribution in [3.63, 3.8) is 0 Å². The lowest BCUT2D eigenvalue weighted by Crippen LogP contribution is -2.29. The summed E-state index contributed by atoms with van der Waals surface area (Å²) >= 11 is 0. The minimum absolute atomic E-state index is 0.00235. The quantitative estimate of drug-likeness (QED) is 0.155. The van der Waals surface area contributed by atoms with Gasteiger partial charge in [0.15, 0.2) is 17.8 Å². The van der Waals surface area contributed by atoms with Crippen molar-refractivity contribution >= 4 is 23.6 Å². The molecule has 4 rings (SSSR count). The minimum Gasteiger partial charge on any atom is -0.493 e. The molecule has 0 bridgehead atoms. The highest BCUT2D eigenvalue weighted by atomic mass is 19.4. The second-order valence-electron chi connectivity index (χ2n) is 9.90. The van der Waals surface area contributed by atoms with Crippen molar-refractivity contribution in [3.8, 4) is 11.5 Å². The number of methoxy groups -OCH3 is 1. The first-order valence-electron chi connectivity index (χ1n) is 13.5. The van der Waals surface area contributed by atoms with E-state index in [-0.39, 0.29) is 35.2 Å². The van der Waals surface area contributed by atoms with Crippen LogP contribution in [-0.4, -0.2) is 50.1 Å². The molecule has 238 valence electrons. The summed E-state index contributed by atoms with van der Waals surface area (Å²) < 4.78 is 87.8. The second-order valence-corrected chi connectivity index (χ2v) is 9.90. The summed E-state index contributed by atoms with van der Waals surface area (Å²) in [7, 11) is 2.73. The molecule has 1 heterocycles. The molecule has 1 aliphatic rings. The van der Waals surface area contributed by atoms with Gasteiger partial charge in [-0.3, -0.25) is 14.6 Å². The normalized spacial score (nSPS) is 14.3. The molecule has 1 N–H and O–H groups in total. The highest BCUT2D eigenvalue weighted by Gasteiger charge is 2.34. The first-order chi connectivity index (χ1) is 21.4. The topological polar surface area (TPSA) is 83.5 Å². The van der Waals surface area contributed by atoms with E-state index in [9.17, 15) is 35.9 Å². The number of rotatable bonds is 11. The number of carbonyl (C=O) groups is 2. The maximum absolute atomic E-state index is 13.7. The molecule has 0 radical (unpaired) electrons. The van der Waals surface area contributed by atoms with Crippen LogP contribution in [0.4, 0.5) is 32.0 Å². The molecule has 0 spiro atoms. The van der Waals surface area contributed by atoms with E-state index in [1.54, 1.807) is 36.5 Å². The van der Waals surface area contributed by atoms with Gasteiger partial charge >= 0.3 is 12.8 Å². The molecule has 8 nitrogen and oxygen atoms in total. The second kappa shape index (κ2) is 14.2. The molecule has 45 heavy (non-hydrogen) atoms. The van der Waals surface area contributed by atoms with Gasteiger partial charge in [-0.05, 0) is 53.6 Å². The Kier molecular flexibility index (Phi) is 10.4. The van der Waals surface area contributed by atoms with Gasteiger partial charge in [0, 0.05) is 44.9 Å². The van der Waals surface area contributed by atoms with Gasteiger partial charge in [0.25, 0.3) is 5.91 Å². The van der Waals surface area contributed by atoms with Crippen molar-refractivity contribution in [3.05, 3.63) is 101 Å². The molecule has 0 saturated carbocycles. The fourth-order valence-electron chi connectivity index (χ4n) is 4.53. The monoisotopic (exact) mass is 634 g/mol. The Morgan fingerprint density at radius 3 is 2.42 bits per heavy atom. The van der Waals surface area contributed by atoms with Crippen LogP contribution in [0.1, 0.15) is 33.5 Å². The van der Waals surface area contributed by atoms with Crippen LogP contribution in [0.5, 0.6) is 11.5 Å². The number of halogens is 6. The lowest BCUT2D eigenvalue weighted by Gasteiger charge is -2.27. The van der Waals surface area contributed by atoms with Gasteiger partial charge in [0.1, 0.15) is 5.82 Å². The molecule has 0 saturated heterocycles. The molecule has 3 aromatic carbocycles. The van der Waals surface area contributed by atoms with Gasteiger partial charge in [-0.2, -0.15) is 27.1 Å². The number of aldehydes is 1. The van der Waals surface area contributed by atoms with E-state index in [2.05, 4.69) is 15.2 Å². The lowest BCUT2D eigenvalue weighted by atomic mass is 10.0. The van der Waals surface area contributed by atoms with Gasteiger partial charge < -0.3 is 19.7 Å². The van der Waals surface area contributed by atoms with Gasteiger partial charge in [-0.1, -0.05) is 18.2 Å².